The SMILES string of the molecule is CCOC(=O)c1cnc(SCc2noc(C(C)C)n2)nc1N. The van der Waals surface area contributed by atoms with Gasteiger partial charge in [0.25, 0.3) is 0 Å². The van der Waals surface area contributed by atoms with Gasteiger partial charge in [-0.1, -0.05) is 30.8 Å². The summed E-state index contributed by atoms with van der Waals surface area (Å²) >= 11 is 1.31. The van der Waals surface area contributed by atoms with E-state index < -0.39 is 5.97 Å². The van der Waals surface area contributed by atoms with E-state index in [-0.39, 0.29) is 23.9 Å². The Morgan fingerprint density at radius 2 is 2.23 bits per heavy atom. The number of ether oxygens (including phenoxy) is 1. The number of rotatable bonds is 6. The lowest BCUT2D eigenvalue weighted by Crippen LogP contribution is -2.10. The first kappa shape index (κ1) is 16.2. The highest BCUT2D eigenvalue weighted by atomic mass is 32.2. The van der Waals surface area contributed by atoms with E-state index in [4.69, 9.17) is 15.0 Å². The molecule has 2 heterocycles. The number of carbonyl (C=O) groups excluding carboxylic acids is 1. The maximum Gasteiger partial charge on any atom is 0.343 e. The fraction of sp³-hybridized carbons (Fsp3) is 0.462. The molecular formula is C13H17N5O3S. The molecule has 2 N–H and O–H groups in total. The Kier molecular flexibility index (Phi) is 5.31. The van der Waals surface area contributed by atoms with E-state index in [2.05, 4.69) is 20.1 Å². The second kappa shape index (κ2) is 7.21. The van der Waals surface area contributed by atoms with Gasteiger partial charge < -0.3 is 15.0 Å². The third kappa shape index (κ3) is 3.94. The van der Waals surface area contributed by atoms with Gasteiger partial charge in [0.1, 0.15) is 11.4 Å². The van der Waals surface area contributed by atoms with Gasteiger partial charge in [0.05, 0.1) is 12.4 Å². The normalized spacial score (nSPS) is 10.9. The first-order valence-electron chi connectivity index (χ1n) is 6.76. The molecule has 0 fully saturated rings. The van der Waals surface area contributed by atoms with E-state index in [1.807, 2.05) is 13.8 Å². The molecule has 118 valence electrons. The van der Waals surface area contributed by atoms with Crippen LogP contribution in [0.15, 0.2) is 15.9 Å². The minimum absolute atomic E-state index is 0.0898. The number of thioether (sulfide) groups is 1. The molecule has 0 atom stereocenters. The summed E-state index contributed by atoms with van der Waals surface area (Å²) in [4.78, 5) is 24.0. The molecule has 0 aliphatic carbocycles. The lowest BCUT2D eigenvalue weighted by molar-refractivity contribution is 0.0526. The molecule has 2 aromatic heterocycles. The van der Waals surface area contributed by atoms with Gasteiger partial charge in [-0.2, -0.15) is 4.98 Å². The van der Waals surface area contributed by atoms with Crippen LogP contribution in [0, 0.1) is 0 Å². The lowest BCUT2D eigenvalue weighted by Gasteiger charge is -2.05. The van der Waals surface area contributed by atoms with E-state index in [0.29, 0.717) is 22.6 Å². The van der Waals surface area contributed by atoms with Crippen molar-refractivity contribution in [1.29, 1.82) is 0 Å². The second-order valence-electron chi connectivity index (χ2n) is 4.66. The largest absolute Gasteiger partial charge is 0.462 e. The van der Waals surface area contributed by atoms with E-state index >= 15 is 0 Å². The highest BCUT2D eigenvalue weighted by Gasteiger charge is 2.15. The van der Waals surface area contributed by atoms with Crippen LogP contribution < -0.4 is 5.73 Å². The van der Waals surface area contributed by atoms with Crippen molar-refractivity contribution in [3.8, 4) is 0 Å². The fourth-order valence-corrected chi connectivity index (χ4v) is 2.17. The van der Waals surface area contributed by atoms with Crippen molar-refractivity contribution in [1.82, 2.24) is 20.1 Å². The monoisotopic (exact) mass is 323 g/mol. The Morgan fingerprint density at radius 1 is 1.45 bits per heavy atom. The summed E-state index contributed by atoms with van der Waals surface area (Å²) in [6.07, 6.45) is 1.36. The average molecular weight is 323 g/mol. The molecule has 0 aliphatic heterocycles. The summed E-state index contributed by atoms with van der Waals surface area (Å²) in [6.45, 7) is 5.94. The van der Waals surface area contributed by atoms with Crippen LogP contribution in [0.5, 0.6) is 0 Å². The molecule has 22 heavy (non-hydrogen) atoms. The number of nitrogen functional groups attached to an aromatic ring is 1. The first-order valence-corrected chi connectivity index (χ1v) is 7.74. The zero-order chi connectivity index (χ0) is 16.1. The van der Waals surface area contributed by atoms with Crippen molar-refractivity contribution < 1.29 is 14.1 Å². The molecule has 0 saturated heterocycles. The fourth-order valence-electron chi connectivity index (χ4n) is 1.50. The van der Waals surface area contributed by atoms with E-state index in [1.54, 1.807) is 6.92 Å². The predicted octanol–water partition coefficient (Wildman–Crippen LogP) is 2.03. The first-order chi connectivity index (χ1) is 10.5. The van der Waals surface area contributed by atoms with Crippen LogP contribution in [-0.2, 0) is 10.5 Å². The number of aromatic nitrogens is 4. The second-order valence-corrected chi connectivity index (χ2v) is 5.61. The molecule has 0 aromatic carbocycles. The van der Waals surface area contributed by atoms with Crippen molar-refractivity contribution in [3.05, 3.63) is 23.5 Å². The Balaban J connectivity index is 2.01. The number of esters is 1. The lowest BCUT2D eigenvalue weighted by atomic mass is 10.2. The molecule has 0 radical (unpaired) electrons. The van der Waals surface area contributed by atoms with Gasteiger partial charge in [-0.15, -0.1) is 0 Å². The minimum atomic E-state index is -0.531. The van der Waals surface area contributed by atoms with Gasteiger partial charge in [0.15, 0.2) is 11.0 Å². The van der Waals surface area contributed by atoms with Crippen molar-refractivity contribution in [3.63, 3.8) is 0 Å². The van der Waals surface area contributed by atoms with E-state index in [0.717, 1.165) is 0 Å². The van der Waals surface area contributed by atoms with Gasteiger partial charge in [0.2, 0.25) is 5.89 Å². The van der Waals surface area contributed by atoms with Crippen LogP contribution in [-0.4, -0.2) is 32.7 Å². The van der Waals surface area contributed by atoms with Gasteiger partial charge in [-0.25, -0.2) is 14.8 Å². The van der Waals surface area contributed by atoms with Crippen LogP contribution in [0.2, 0.25) is 0 Å². The molecule has 2 rings (SSSR count). The average Bonchev–Trinajstić information content (AvgIpc) is 2.94. The number of anilines is 1. The highest BCUT2D eigenvalue weighted by molar-refractivity contribution is 7.98. The van der Waals surface area contributed by atoms with Crippen molar-refractivity contribution in [2.24, 2.45) is 0 Å². The van der Waals surface area contributed by atoms with Gasteiger partial charge >= 0.3 is 5.97 Å². The third-order valence-electron chi connectivity index (χ3n) is 2.60. The number of nitrogens with two attached hydrogens (primary N) is 1. The molecule has 2 aromatic rings. The molecule has 0 unspecified atom stereocenters. The zero-order valence-corrected chi connectivity index (χ0v) is 13.4. The Hall–Kier alpha value is -2.16. The van der Waals surface area contributed by atoms with Crippen LogP contribution >= 0.6 is 11.8 Å². The Labute approximate surface area is 131 Å². The van der Waals surface area contributed by atoms with Gasteiger partial charge in [-0.3, -0.25) is 0 Å². The molecule has 0 spiro atoms. The number of carbonyl (C=O) groups is 1. The maximum atomic E-state index is 11.6. The quantitative estimate of drug-likeness (QED) is 0.484. The topological polar surface area (TPSA) is 117 Å². The summed E-state index contributed by atoms with van der Waals surface area (Å²) in [5, 5.41) is 4.31. The predicted molar refractivity (Wildman–Crippen MR) is 80.3 cm³/mol. The standard InChI is InChI=1S/C13H17N5O3S/c1-4-20-12(19)8-5-15-13(17-10(8)14)22-6-9-16-11(7(2)3)21-18-9/h5,7H,4,6H2,1-3H3,(H2,14,15,17). The summed E-state index contributed by atoms with van der Waals surface area (Å²) < 4.78 is 9.98. The van der Waals surface area contributed by atoms with Crippen molar-refractivity contribution in [2.45, 2.75) is 37.6 Å². The molecular weight excluding hydrogens is 306 g/mol. The summed E-state index contributed by atoms with van der Waals surface area (Å²) in [5.74, 6) is 1.35. The number of hydrogen-bond acceptors (Lipinski definition) is 9. The van der Waals surface area contributed by atoms with E-state index in [1.165, 1.54) is 18.0 Å². The molecule has 0 bridgehead atoms. The molecule has 8 nitrogen and oxygen atoms in total. The summed E-state index contributed by atoms with van der Waals surface area (Å²) in [6, 6.07) is 0. The Morgan fingerprint density at radius 3 is 2.82 bits per heavy atom. The maximum absolute atomic E-state index is 11.6. The zero-order valence-electron chi connectivity index (χ0n) is 12.6. The molecule has 0 aliphatic rings. The molecule has 9 heteroatoms. The van der Waals surface area contributed by atoms with Crippen LogP contribution in [0.25, 0.3) is 0 Å². The highest BCUT2D eigenvalue weighted by Crippen LogP contribution is 2.21. The minimum Gasteiger partial charge on any atom is -0.462 e. The number of nitrogens with zero attached hydrogens (tertiary/aromatic N) is 4. The third-order valence-corrected chi connectivity index (χ3v) is 3.46. The van der Waals surface area contributed by atoms with Crippen molar-refractivity contribution >= 4 is 23.5 Å². The van der Waals surface area contributed by atoms with E-state index in [9.17, 15) is 4.79 Å². The summed E-state index contributed by atoms with van der Waals surface area (Å²) in [5.41, 5.74) is 5.91. The smallest absolute Gasteiger partial charge is 0.343 e. The summed E-state index contributed by atoms with van der Waals surface area (Å²) in [7, 11) is 0. The van der Waals surface area contributed by atoms with Gasteiger partial charge in [0, 0.05) is 12.1 Å². The van der Waals surface area contributed by atoms with Crippen LogP contribution in [0.4, 0.5) is 5.82 Å². The molecule has 0 saturated carbocycles. The van der Waals surface area contributed by atoms with Crippen molar-refractivity contribution in [2.75, 3.05) is 12.3 Å². The van der Waals surface area contributed by atoms with Crippen LogP contribution in [0.1, 0.15) is 48.8 Å². The van der Waals surface area contributed by atoms with Crippen LogP contribution in [0.3, 0.4) is 0 Å². The molecule has 0 amide bonds. The number of hydrogen-bond donors (Lipinski definition) is 1. The van der Waals surface area contributed by atoms with Gasteiger partial charge in [-0.05, 0) is 6.92 Å². The Bertz CT molecular complexity index is 659.